The fourth-order valence-electron chi connectivity index (χ4n) is 7.79. The Bertz CT molecular complexity index is 2880. The number of hydrogen-bond donors (Lipinski definition) is 0. The van der Waals surface area contributed by atoms with Crippen molar-refractivity contribution in [2.24, 2.45) is 0 Å². The lowest BCUT2D eigenvalue weighted by molar-refractivity contribution is 1.28. The second-order valence-corrected chi connectivity index (χ2v) is 14.4. The van der Waals surface area contributed by atoms with Crippen molar-refractivity contribution in [1.82, 2.24) is 0 Å². The molecule has 244 valence electrons. The number of fused-ring (bicyclic) bond motifs is 6. The van der Waals surface area contributed by atoms with Crippen LogP contribution in [0.2, 0.25) is 0 Å². The van der Waals surface area contributed by atoms with Gasteiger partial charge >= 0.3 is 0 Å². The third-order valence-corrected chi connectivity index (χ3v) is 11.4. The van der Waals surface area contributed by atoms with Gasteiger partial charge in [-0.15, -0.1) is 11.3 Å². The summed E-state index contributed by atoms with van der Waals surface area (Å²) >= 11 is 1.87. The minimum absolute atomic E-state index is 1.11. The molecule has 0 fully saturated rings. The Balaban J connectivity index is 1.13. The Morgan fingerprint density at radius 2 is 0.904 bits per heavy atom. The Morgan fingerprint density at radius 1 is 0.308 bits per heavy atom. The lowest BCUT2D eigenvalue weighted by Gasteiger charge is -2.26. The number of rotatable bonds is 6. The highest BCUT2D eigenvalue weighted by Gasteiger charge is 2.17. The van der Waals surface area contributed by atoms with E-state index in [4.69, 9.17) is 0 Å². The van der Waals surface area contributed by atoms with Crippen molar-refractivity contribution in [3.63, 3.8) is 0 Å². The predicted molar refractivity (Wildman–Crippen MR) is 225 cm³/mol. The van der Waals surface area contributed by atoms with E-state index < -0.39 is 0 Å². The van der Waals surface area contributed by atoms with Crippen LogP contribution in [-0.2, 0) is 0 Å². The summed E-state index contributed by atoms with van der Waals surface area (Å²) in [6.07, 6.45) is 0. The monoisotopic (exact) mass is 679 g/mol. The molecule has 9 aromatic carbocycles. The van der Waals surface area contributed by atoms with E-state index in [1.54, 1.807) is 0 Å². The molecule has 0 amide bonds. The van der Waals surface area contributed by atoms with Crippen LogP contribution in [0.25, 0.3) is 75.1 Å². The van der Waals surface area contributed by atoms with Crippen molar-refractivity contribution >= 4 is 70.1 Å². The molecule has 0 N–H and O–H groups in total. The van der Waals surface area contributed by atoms with Crippen LogP contribution in [0.5, 0.6) is 0 Å². The van der Waals surface area contributed by atoms with Gasteiger partial charge in [0.2, 0.25) is 0 Å². The second kappa shape index (κ2) is 12.7. The molecule has 0 bridgehead atoms. The average molecular weight is 680 g/mol. The van der Waals surface area contributed by atoms with Crippen molar-refractivity contribution in [2.75, 3.05) is 4.90 Å². The maximum absolute atomic E-state index is 2.38. The molecule has 0 aliphatic heterocycles. The van der Waals surface area contributed by atoms with Crippen LogP contribution in [0.4, 0.5) is 17.1 Å². The van der Waals surface area contributed by atoms with Crippen LogP contribution in [0.15, 0.2) is 200 Å². The van der Waals surface area contributed by atoms with Crippen molar-refractivity contribution in [1.29, 1.82) is 0 Å². The first-order valence-electron chi connectivity index (χ1n) is 17.8. The summed E-state index contributed by atoms with van der Waals surface area (Å²) in [5.41, 5.74) is 10.6. The van der Waals surface area contributed by atoms with E-state index in [0.29, 0.717) is 0 Å². The van der Waals surface area contributed by atoms with Gasteiger partial charge in [-0.3, -0.25) is 0 Å². The summed E-state index contributed by atoms with van der Waals surface area (Å²) in [6, 6.07) is 72.9. The van der Waals surface area contributed by atoms with Crippen LogP contribution >= 0.6 is 11.3 Å². The maximum Gasteiger partial charge on any atom is 0.0467 e. The van der Waals surface area contributed by atoms with Gasteiger partial charge in [-0.2, -0.15) is 0 Å². The number of nitrogens with zero attached hydrogens (tertiary/aromatic N) is 1. The quantitative estimate of drug-likeness (QED) is 0.169. The summed E-state index contributed by atoms with van der Waals surface area (Å²) in [7, 11) is 0. The largest absolute Gasteiger partial charge is 0.310 e. The first-order valence-corrected chi connectivity index (χ1v) is 18.6. The fourth-order valence-corrected chi connectivity index (χ4v) is 8.91. The van der Waals surface area contributed by atoms with Gasteiger partial charge in [-0.1, -0.05) is 152 Å². The van der Waals surface area contributed by atoms with E-state index in [1.165, 1.54) is 75.1 Å². The van der Waals surface area contributed by atoms with Crippen molar-refractivity contribution in [3.05, 3.63) is 200 Å². The summed E-state index contributed by atoms with van der Waals surface area (Å²) < 4.78 is 2.65. The van der Waals surface area contributed by atoms with Gasteiger partial charge in [0.1, 0.15) is 0 Å². The molecule has 1 heterocycles. The van der Waals surface area contributed by atoms with E-state index in [0.717, 1.165) is 17.1 Å². The molecule has 0 saturated carbocycles. The molecule has 0 atom stereocenters. The summed E-state index contributed by atoms with van der Waals surface area (Å²) in [5, 5.41) is 7.76. The fraction of sp³-hybridized carbons (Fsp3) is 0. The minimum Gasteiger partial charge on any atom is -0.310 e. The summed E-state index contributed by atoms with van der Waals surface area (Å²) in [4.78, 5) is 2.38. The molecule has 0 radical (unpaired) electrons. The van der Waals surface area contributed by atoms with Crippen LogP contribution in [-0.4, -0.2) is 0 Å². The Labute approximate surface area is 307 Å². The SMILES string of the molecule is c1ccc(-c2ccc(N(c3ccc(-c4cccc5ccccc45)cc3)c3cccc(-c4cccc5ccc6sc7ccccc7c6c45)c3)cc2)cc1. The highest BCUT2D eigenvalue weighted by Crippen LogP contribution is 2.44. The normalized spacial score (nSPS) is 11.5. The zero-order valence-electron chi connectivity index (χ0n) is 28.4. The van der Waals surface area contributed by atoms with Crippen molar-refractivity contribution in [2.45, 2.75) is 0 Å². The molecule has 1 aromatic heterocycles. The lowest BCUT2D eigenvalue weighted by atomic mass is 9.94. The maximum atomic E-state index is 2.38. The number of hydrogen-bond acceptors (Lipinski definition) is 2. The molecule has 2 heteroatoms. The van der Waals surface area contributed by atoms with Crippen LogP contribution in [0.3, 0.4) is 0 Å². The van der Waals surface area contributed by atoms with Crippen LogP contribution < -0.4 is 4.90 Å². The zero-order chi connectivity index (χ0) is 34.4. The highest BCUT2D eigenvalue weighted by atomic mass is 32.1. The Kier molecular flexibility index (Phi) is 7.41. The molecule has 0 saturated heterocycles. The minimum atomic E-state index is 1.11. The molecule has 0 aliphatic rings. The highest BCUT2D eigenvalue weighted by molar-refractivity contribution is 7.26. The van der Waals surface area contributed by atoms with Gasteiger partial charge in [0.25, 0.3) is 0 Å². The first-order chi connectivity index (χ1) is 25.8. The Morgan fingerprint density at radius 3 is 1.71 bits per heavy atom. The van der Waals surface area contributed by atoms with Gasteiger partial charge in [0.05, 0.1) is 0 Å². The molecule has 0 spiro atoms. The van der Waals surface area contributed by atoms with Gasteiger partial charge in [0.15, 0.2) is 0 Å². The molecule has 0 aliphatic carbocycles. The van der Waals surface area contributed by atoms with E-state index in [9.17, 15) is 0 Å². The van der Waals surface area contributed by atoms with Crippen LogP contribution in [0.1, 0.15) is 0 Å². The summed E-state index contributed by atoms with van der Waals surface area (Å²) in [6.45, 7) is 0. The first kappa shape index (κ1) is 30.4. The topological polar surface area (TPSA) is 3.24 Å². The molecule has 1 nitrogen and oxygen atoms in total. The van der Waals surface area contributed by atoms with Crippen LogP contribution in [0, 0.1) is 0 Å². The third kappa shape index (κ3) is 5.24. The predicted octanol–water partition coefficient (Wildman–Crippen LogP) is 14.8. The van der Waals surface area contributed by atoms with Crippen molar-refractivity contribution in [3.8, 4) is 33.4 Å². The number of benzene rings is 9. The molecule has 0 unspecified atom stereocenters. The standard InChI is InChI=1S/C50H33NS/c1-2-11-34(12-3-1)35-23-28-40(29-24-35)51(41-30-25-37(26-31-41)44-20-9-14-36-13-4-5-18-43(36)44)42-17-8-16-39(33-42)45-21-10-15-38-27-32-48-50(49(38)45)46-19-6-7-22-47(46)52-48/h1-33H. The lowest BCUT2D eigenvalue weighted by Crippen LogP contribution is -2.10. The number of anilines is 3. The Hall–Kier alpha value is -6.48. The van der Waals surface area contributed by atoms with Gasteiger partial charge in [-0.05, 0) is 103 Å². The molecule has 52 heavy (non-hydrogen) atoms. The van der Waals surface area contributed by atoms with Gasteiger partial charge in [0, 0.05) is 37.2 Å². The van der Waals surface area contributed by atoms with E-state index in [2.05, 4.69) is 205 Å². The number of thiophene rings is 1. The second-order valence-electron chi connectivity index (χ2n) is 13.3. The average Bonchev–Trinajstić information content (AvgIpc) is 3.61. The van der Waals surface area contributed by atoms with E-state index >= 15 is 0 Å². The smallest absolute Gasteiger partial charge is 0.0467 e. The summed E-state index contributed by atoms with van der Waals surface area (Å²) in [5.74, 6) is 0. The van der Waals surface area contributed by atoms with E-state index in [-0.39, 0.29) is 0 Å². The molecular weight excluding hydrogens is 647 g/mol. The molecule has 10 rings (SSSR count). The molecular formula is C50H33NS. The molecule has 10 aromatic rings. The zero-order valence-corrected chi connectivity index (χ0v) is 29.2. The third-order valence-electron chi connectivity index (χ3n) is 10.3. The van der Waals surface area contributed by atoms with Crippen molar-refractivity contribution < 1.29 is 0 Å². The van der Waals surface area contributed by atoms with E-state index in [1.807, 2.05) is 11.3 Å². The van der Waals surface area contributed by atoms with Gasteiger partial charge in [-0.25, -0.2) is 0 Å². The van der Waals surface area contributed by atoms with Gasteiger partial charge < -0.3 is 4.90 Å².